The van der Waals surface area contributed by atoms with Gasteiger partial charge in [-0.3, -0.25) is 4.98 Å². The van der Waals surface area contributed by atoms with Gasteiger partial charge in [0.15, 0.2) is 0 Å². The van der Waals surface area contributed by atoms with Crippen LogP contribution in [0.2, 0.25) is 0 Å². The van der Waals surface area contributed by atoms with Gasteiger partial charge in [-0.05, 0) is 38.6 Å². The number of pyridine rings is 1. The standard InChI is InChI=1S/C16H27N3O/c1-5-13(2)14-6-7-16(15(17-14)12-18(3)4)19-8-10-20-11-9-19/h6-7,13H,5,8-12H2,1-4H3. The highest BCUT2D eigenvalue weighted by molar-refractivity contribution is 5.51. The molecule has 2 rings (SSSR count). The first-order valence-electron chi connectivity index (χ1n) is 7.59. The number of rotatable bonds is 5. The average molecular weight is 277 g/mol. The van der Waals surface area contributed by atoms with E-state index in [1.165, 1.54) is 17.1 Å². The fraction of sp³-hybridized carbons (Fsp3) is 0.688. The molecule has 1 aliphatic heterocycles. The van der Waals surface area contributed by atoms with E-state index in [1.54, 1.807) is 0 Å². The van der Waals surface area contributed by atoms with E-state index in [0.717, 1.165) is 39.3 Å². The third kappa shape index (κ3) is 3.70. The molecule has 1 aromatic heterocycles. The van der Waals surface area contributed by atoms with E-state index in [4.69, 9.17) is 9.72 Å². The molecule has 0 radical (unpaired) electrons. The van der Waals surface area contributed by atoms with E-state index in [9.17, 15) is 0 Å². The highest BCUT2D eigenvalue weighted by Crippen LogP contribution is 2.25. The van der Waals surface area contributed by atoms with Crippen LogP contribution in [0.1, 0.15) is 37.6 Å². The zero-order valence-electron chi connectivity index (χ0n) is 13.2. The van der Waals surface area contributed by atoms with Gasteiger partial charge in [0.05, 0.1) is 24.6 Å². The quantitative estimate of drug-likeness (QED) is 0.827. The molecule has 1 unspecified atom stereocenters. The molecule has 20 heavy (non-hydrogen) atoms. The van der Waals surface area contributed by atoms with Crippen LogP contribution in [-0.4, -0.2) is 50.3 Å². The molecule has 0 aromatic carbocycles. The molecule has 2 heterocycles. The van der Waals surface area contributed by atoms with Gasteiger partial charge in [-0.1, -0.05) is 13.8 Å². The lowest BCUT2D eigenvalue weighted by molar-refractivity contribution is 0.122. The molecule has 0 amide bonds. The Balaban J connectivity index is 2.29. The normalized spacial score (nSPS) is 17.6. The number of morpholine rings is 1. The van der Waals surface area contributed by atoms with Gasteiger partial charge in [0.2, 0.25) is 0 Å². The monoisotopic (exact) mass is 277 g/mol. The number of hydrogen-bond acceptors (Lipinski definition) is 4. The predicted octanol–water partition coefficient (Wildman–Crippen LogP) is 2.49. The van der Waals surface area contributed by atoms with Crippen molar-refractivity contribution in [2.24, 2.45) is 0 Å². The topological polar surface area (TPSA) is 28.6 Å². The summed E-state index contributed by atoms with van der Waals surface area (Å²) in [6.45, 7) is 8.90. The molecule has 112 valence electrons. The van der Waals surface area contributed by atoms with Gasteiger partial charge in [0, 0.05) is 25.3 Å². The van der Waals surface area contributed by atoms with Gasteiger partial charge in [-0.25, -0.2) is 0 Å². The van der Waals surface area contributed by atoms with Crippen LogP contribution in [0, 0.1) is 0 Å². The Hall–Kier alpha value is -1.13. The molecule has 1 fully saturated rings. The molecule has 4 heteroatoms. The predicted molar refractivity (Wildman–Crippen MR) is 83.4 cm³/mol. The summed E-state index contributed by atoms with van der Waals surface area (Å²) in [5, 5.41) is 0. The maximum atomic E-state index is 5.45. The fourth-order valence-electron chi connectivity index (χ4n) is 2.50. The number of ether oxygens (including phenoxy) is 1. The fourth-order valence-corrected chi connectivity index (χ4v) is 2.50. The Morgan fingerprint density at radius 1 is 1.30 bits per heavy atom. The molecule has 1 atom stereocenters. The molecule has 0 aliphatic carbocycles. The van der Waals surface area contributed by atoms with Crippen molar-refractivity contribution in [2.75, 3.05) is 45.3 Å². The zero-order chi connectivity index (χ0) is 14.5. The Bertz CT molecular complexity index is 428. The van der Waals surface area contributed by atoms with Crippen LogP contribution >= 0.6 is 0 Å². The van der Waals surface area contributed by atoms with E-state index >= 15 is 0 Å². The summed E-state index contributed by atoms with van der Waals surface area (Å²) in [5.41, 5.74) is 3.67. The molecule has 0 saturated carbocycles. The van der Waals surface area contributed by atoms with E-state index < -0.39 is 0 Å². The summed E-state index contributed by atoms with van der Waals surface area (Å²) in [4.78, 5) is 9.52. The van der Waals surface area contributed by atoms with Crippen molar-refractivity contribution in [1.82, 2.24) is 9.88 Å². The summed E-state index contributed by atoms with van der Waals surface area (Å²) in [6, 6.07) is 4.44. The van der Waals surface area contributed by atoms with Crippen molar-refractivity contribution in [3.05, 3.63) is 23.5 Å². The lowest BCUT2D eigenvalue weighted by Gasteiger charge is -2.31. The summed E-state index contributed by atoms with van der Waals surface area (Å²) < 4.78 is 5.45. The number of aromatic nitrogens is 1. The first-order valence-corrected chi connectivity index (χ1v) is 7.59. The third-order valence-corrected chi connectivity index (χ3v) is 3.91. The molecule has 4 nitrogen and oxygen atoms in total. The minimum absolute atomic E-state index is 0.523. The molecule has 0 spiro atoms. The van der Waals surface area contributed by atoms with Crippen molar-refractivity contribution >= 4 is 5.69 Å². The third-order valence-electron chi connectivity index (χ3n) is 3.91. The number of hydrogen-bond donors (Lipinski definition) is 0. The van der Waals surface area contributed by atoms with Crippen LogP contribution in [0.3, 0.4) is 0 Å². The van der Waals surface area contributed by atoms with Gasteiger partial charge >= 0.3 is 0 Å². The van der Waals surface area contributed by atoms with Crippen molar-refractivity contribution in [3.63, 3.8) is 0 Å². The lowest BCUT2D eigenvalue weighted by Crippen LogP contribution is -2.37. The Kier molecular flexibility index (Phi) is 5.38. The van der Waals surface area contributed by atoms with Crippen LogP contribution < -0.4 is 4.90 Å². The minimum Gasteiger partial charge on any atom is -0.378 e. The van der Waals surface area contributed by atoms with Crippen LogP contribution in [0.15, 0.2) is 12.1 Å². The maximum Gasteiger partial charge on any atom is 0.0780 e. The highest BCUT2D eigenvalue weighted by Gasteiger charge is 2.17. The lowest BCUT2D eigenvalue weighted by atomic mass is 10.0. The number of nitrogens with zero attached hydrogens (tertiary/aromatic N) is 3. The highest BCUT2D eigenvalue weighted by atomic mass is 16.5. The van der Waals surface area contributed by atoms with Crippen LogP contribution in [0.4, 0.5) is 5.69 Å². The summed E-state index contributed by atoms with van der Waals surface area (Å²) in [7, 11) is 4.20. The van der Waals surface area contributed by atoms with Crippen LogP contribution in [0.5, 0.6) is 0 Å². The van der Waals surface area contributed by atoms with E-state index in [1.807, 2.05) is 0 Å². The summed E-state index contributed by atoms with van der Waals surface area (Å²) >= 11 is 0. The molecule has 0 bridgehead atoms. The second-order valence-corrected chi connectivity index (χ2v) is 5.85. The van der Waals surface area contributed by atoms with Crippen molar-refractivity contribution in [2.45, 2.75) is 32.7 Å². The first-order chi connectivity index (χ1) is 9.61. The van der Waals surface area contributed by atoms with E-state index in [2.05, 4.69) is 49.9 Å². The molecular weight excluding hydrogens is 250 g/mol. The molecule has 0 N–H and O–H groups in total. The Labute approximate surface area is 122 Å². The second-order valence-electron chi connectivity index (χ2n) is 5.85. The van der Waals surface area contributed by atoms with E-state index in [0.29, 0.717) is 5.92 Å². The Morgan fingerprint density at radius 3 is 2.60 bits per heavy atom. The van der Waals surface area contributed by atoms with E-state index in [-0.39, 0.29) is 0 Å². The van der Waals surface area contributed by atoms with Gasteiger partial charge in [0.25, 0.3) is 0 Å². The SMILES string of the molecule is CCC(C)c1ccc(N2CCOCC2)c(CN(C)C)n1. The van der Waals surface area contributed by atoms with Gasteiger partial charge in [-0.2, -0.15) is 0 Å². The van der Waals surface area contributed by atoms with Gasteiger partial charge in [0.1, 0.15) is 0 Å². The van der Waals surface area contributed by atoms with Crippen molar-refractivity contribution in [1.29, 1.82) is 0 Å². The van der Waals surface area contributed by atoms with Crippen molar-refractivity contribution in [3.8, 4) is 0 Å². The zero-order valence-corrected chi connectivity index (χ0v) is 13.2. The van der Waals surface area contributed by atoms with Gasteiger partial charge < -0.3 is 14.5 Å². The molecule has 1 aromatic rings. The first kappa shape index (κ1) is 15.3. The second kappa shape index (κ2) is 7.04. The van der Waals surface area contributed by atoms with Crippen LogP contribution in [0.25, 0.3) is 0 Å². The smallest absolute Gasteiger partial charge is 0.0780 e. The molecular formula is C16H27N3O. The molecule has 1 aliphatic rings. The largest absolute Gasteiger partial charge is 0.378 e. The summed E-state index contributed by atoms with van der Waals surface area (Å²) in [6.07, 6.45) is 1.13. The minimum atomic E-state index is 0.523. The average Bonchev–Trinajstić information content (AvgIpc) is 2.46. The Morgan fingerprint density at radius 2 is 2.00 bits per heavy atom. The van der Waals surface area contributed by atoms with Crippen LogP contribution in [-0.2, 0) is 11.3 Å². The number of anilines is 1. The van der Waals surface area contributed by atoms with Crippen molar-refractivity contribution < 1.29 is 4.74 Å². The van der Waals surface area contributed by atoms with Gasteiger partial charge in [-0.15, -0.1) is 0 Å². The molecule has 1 saturated heterocycles. The summed E-state index contributed by atoms with van der Waals surface area (Å²) in [5.74, 6) is 0.523. The maximum absolute atomic E-state index is 5.45.